The maximum Gasteiger partial charge on any atom is 0.230 e. The standard InChI is InChI=1S/C22H23ClN2O2/c23-17-8-3-5-15(13-17)10-11-24-21(26)18-14-19(18)22(27)25-12-4-7-16-6-1-2-9-20(16)25/h1-3,5-6,8-9,13,18-19H,4,7,10-12,14H2,(H,24,26). The van der Waals surface area contributed by atoms with E-state index < -0.39 is 0 Å². The smallest absolute Gasteiger partial charge is 0.230 e. The Labute approximate surface area is 164 Å². The van der Waals surface area contributed by atoms with E-state index in [4.69, 9.17) is 11.6 Å². The number of fused-ring (bicyclic) bond motifs is 1. The van der Waals surface area contributed by atoms with E-state index in [9.17, 15) is 9.59 Å². The average molecular weight is 383 g/mol. The quantitative estimate of drug-likeness (QED) is 0.858. The van der Waals surface area contributed by atoms with E-state index >= 15 is 0 Å². The van der Waals surface area contributed by atoms with Crippen LogP contribution in [0.4, 0.5) is 5.69 Å². The molecule has 4 nitrogen and oxygen atoms in total. The van der Waals surface area contributed by atoms with Crippen molar-refractivity contribution in [3.05, 3.63) is 64.7 Å². The molecule has 1 saturated carbocycles. The van der Waals surface area contributed by atoms with Gasteiger partial charge in [-0.05, 0) is 55.0 Å². The third-order valence-electron chi connectivity index (χ3n) is 5.42. The van der Waals surface area contributed by atoms with Gasteiger partial charge >= 0.3 is 0 Å². The number of halogens is 1. The first-order valence-electron chi connectivity index (χ1n) is 9.55. The molecule has 4 rings (SSSR count). The summed E-state index contributed by atoms with van der Waals surface area (Å²) < 4.78 is 0. The predicted octanol–water partition coefficient (Wildman–Crippen LogP) is 3.61. The van der Waals surface area contributed by atoms with E-state index in [2.05, 4.69) is 11.4 Å². The molecule has 2 aromatic carbocycles. The van der Waals surface area contributed by atoms with Crippen LogP contribution in [0.25, 0.3) is 0 Å². The van der Waals surface area contributed by atoms with E-state index in [-0.39, 0.29) is 23.7 Å². The molecule has 2 atom stereocenters. The van der Waals surface area contributed by atoms with Gasteiger partial charge in [0.05, 0.1) is 11.8 Å². The monoisotopic (exact) mass is 382 g/mol. The van der Waals surface area contributed by atoms with Gasteiger partial charge in [0.1, 0.15) is 0 Å². The van der Waals surface area contributed by atoms with E-state index in [0.29, 0.717) is 18.0 Å². The van der Waals surface area contributed by atoms with Crippen LogP contribution in [0.5, 0.6) is 0 Å². The summed E-state index contributed by atoms with van der Waals surface area (Å²) in [5.41, 5.74) is 3.33. The fraction of sp³-hybridized carbons (Fsp3) is 0.364. The summed E-state index contributed by atoms with van der Waals surface area (Å²) in [6.45, 7) is 1.30. The number of benzene rings is 2. The lowest BCUT2D eigenvalue weighted by Crippen LogP contribution is -2.38. The van der Waals surface area contributed by atoms with Gasteiger partial charge in [0.25, 0.3) is 0 Å². The zero-order valence-corrected chi connectivity index (χ0v) is 15.9. The third-order valence-corrected chi connectivity index (χ3v) is 5.66. The molecule has 0 saturated heterocycles. The lowest BCUT2D eigenvalue weighted by molar-refractivity contribution is -0.126. The number of aryl methyl sites for hydroxylation is 1. The van der Waals surface area contributed by atoms with Gasteiger partial charge in [-0.3, -0.25) is 9.59 Å². The highest BCUT2D eigenvalue weighted by Gasteiger charge is 2.49. The van der Waals surface area contributed by atoms with Crippen molar-refractivity contribution >= 4 is 29.1 Å². The van der Waals surface area contributed by atoms with E-state index in [1.54, 1.807) is 0 Å². The van der Waals surface area contributed by atoms with Crippen LogP contribution < -0.4 is 10.2 Å². The first-order chi connectivity index (χ1) is 13.1. The van der Waals surface area contributed by atoms with Gasteiger partial charge in [-0.25, -0.2) is 0 Å². The molecule has 2 amide bonds. The zero-order chi connectivity index (χ0) is 18.8. The van der Waals surface area contributed by atoms with Crippen molar-refractivity contribution in [2.24, 2.45) is 11.8 Å². The number of para-hydroxylation sites is 1. The normalized spacial score (nSPS) is 20.7. The zero-order valence-electron chi connectivity index (χ0n) is 15.2. The van der Waals surface area contributed by atoms with Crippen molar-refractivity contribution < 1.29 is 9.59 Å². The number of hydrogen-bond donors (Lipinski definition) is 1. The Hall–Kier alpha value is -2.33. The number of rotatable bonds is 5. The van der Waals surface area contributed by atoms with Crippen LogP contribution in [0, 0.1) is 11.8 Å². The molecule has 2 unspecified atom stereocenters. The second-order valence-electron chi connectivity index (χ2n) is 7.34. The van der Waals surface area contributed by atoms with Crippen LogP contribution in [0.1, 0.15) is 24.0 Å². The van der Waals surface area contributed by atoms with Crippen molar-refractivity contribution in [1.82, 2.24) is 5.32 Å². The predicted molar refractivity (Wildman–Crippen MR) is 107 cm³/mol. The molecule has 0 spiro atoms. The number of carbonyl (C=O) groups is 2. The SMILES string of the molecule is O=C(NCCc1cccc(Cl)c1)C1CC1C(=O)N1CCCc2ccccc21. The maximum absolute atomic E-state index is 12.9. The Morgan fingerprint density at radius 1 is 1.11 bits per heavy atom. The summed E-state index contributed by atoms with van der Waals surface area (Å²) in [6, 6.07) is 15.7. The van der Waals surface area contributed by atoms with Crippen LogP contribution in [0.2, 0.25) is 5.02 Å². The van der Waals surface area contributed by atoms with Gasteiger partial charge < -0.3 is 10.2 Å². The molecule has 1 heterocycles. The Kier molecular flexibility index (Phi) is 5.17. The summed E-state index contributed by atoms with van der Waals surface area (Å²) in [7, 11) is 0. The molecule has 0 aromatic heterocycles. The molecule has 1 N–H and O–H groups in total. The molecule has 1 fully saturated rings. The van der Waals surface area contributed by atoms with Crippen molar-refractivity contribution in [2.45, 2.75) is 25.7 Å². The molecule has 27 heavy (non-hydrogen) atoms. The molecule has 5 heteroatoms. The molecule has 1 aliphatic heterocycles. The van der Waals surface area contributed by atoms with Crippen molar-refractivity contribution in [3.8, 4) is 0 Å². The first kappa shape index (κ1) is 18.1. The highest BCUT2D eigenvalue weighted by atomic mass is 35.5. The van der Waals surface area contributed by atoms with Gasteiger partial charge in [-0.15, -0.1) is 0 Å². The second-order valence-corrected chi connectivity index (χ2v) is 7.78. The number of amides is 2. The number of carbonyl (C=O) groups excluding carboxylic acids is 2. The van der Waals surface area contributed by atoms with Crippen molar-refractivity contribution in [1.29, 1.82) is 0 Å². The molecule has 2 aliphatic rings. The maximum atomic E-state index is 12.9. The molecule has 0 bridgehead atoms. The summed E-state index contributed by atoms with van der Waals surface area (Å²) in [4.78, 5) is 27.2. The first-order valence-corrected chi connectivity index (χ1v) is 9.93. The van der Waals surface area contributed by atoms with Gasteiger partial charge in [0.2, 0.25) is 11.8 Å². The Balaban J connectivity index is 1.30. The largest absolute Gasteiger partial charge is 0.356 e. The van der Waals surface area contributed by atoms with E-state index in [0.717, 1.165) is 37.1 Å². The Morgan fingerprint density at radius 2 is 1.96 bits per heavy atom. The lowest BCUT2D eigenvalue weighted by atomic mass is 10.0. The number of anilines is 1. The fourth-order valence-electron chi connectivity index (χ4n) is 3.87. The summed E-state index contributed by atoms with van der Waals surface area (Å²) >= 11 is 5.98. The minimum atomic E-state index is -0.189. The summed E-state index contributed by atoms with van der Waals surface area (Å²) in [5, 5.41) is 3.67. The Morgan fingerprint density at radius 3 is 2.81 bits per heavy atom. The summed E-state index contributed by atoms with van der Waals surface area (Å²) in [5.74, 6) is -0.286. The highest BCUT2D eigenvalue weighted by molar-refractivity contribution is 6.30. The molecular formula is C22H23ClN2O2. The third kappa shape index (κ3) is 4.01. The highest BCUT2D eigenvalue weighted by Crippen LogP contribution is 2.42. The van der Waals surface area contributed by atoms with Gasteiger partial charge in [-0.2, -0.15) is 0 Å². The van der Waals surface area contributed by atoms with E-state index in [1.165, 1.54) is 5.56 Å². The summed E-state index contributed by atoms with van der Waals surface area (Å²) in [6.07, 6.45) is 3.38. The molecule has 1 aliphatic carbocycles. The van der Waals surface area contributed by atoms with Crippen molar-refractivity contribution in [3.63, 3.8) is 0 Å². The molecule has 0 radical (unpaired) electrons. The van der Waals surface area contributed by atoms with Crippen LogP contribution in [0.15, 0.2) is 48.5 Å². The minimum Gasteiger partial charge on any atom is -0.356 e. The van der Waals surface area contributed by atoms with Crippen LogP contribution in [-0.4, -0.2) is 24.9 Å². The average Bonchev–Trinajstić information content (AvgIpc) is 3.48. The lowest BCUT2D eigenvalue weighted by Gasteiger charge is -2.29. The Bertz CT molecular complexity index is 867. The number of nitrogens with one attached hydrogen (secondary N) is 1. The molecular weight excluding hydrogens is 360 g/mol. The minimum absolute atomic E-state index is 0.0133. The number of hydrogen-bond acceptors (Lipinski definition) is 2. The van der Waals surface area contributed by atoms with Crippen molar-refractivity contribution in [2.75, 3.05) is 18.0 Å². The van der Waals surface area contributed by atoms with Gasteiger partial charge in [0.15, 0.2) is 0 Å². The van der Waals surface area contributed by atoms with E-state index in [1.807, 2.05) is 47.4 Å². The second kappa shape index (κ2) is 7.73. The molecule has 140 valence electrons. The number of nitrogens with zero attached hydrogens (tertiary/aromatic N) is 1. The fourth-order valence-corrected chi connectivity index (χ4v) is 4.09. The van der Waals surface area contributed by atoms with Crippen LogP contribution in [-0.2, 0) is 22.4 Å². The van der Waals surface area contributed by atoms with Gasteiger partial charge in [0, 0.05) is 23.8 Å². The topological polar surface area (TPSA) is 49.4 Å². The van der Waals surface area contributed by atoms with Crippen LogP contribution >= 0.6 is 11.6 Å². The molecule has 2 aromatic rings. The van der Waals surface area contributed by atoms with Crippen LogP contribution in [0.3, 0.4) is 0 Å². The van der Waals surface area contributed by atoms with Gasteiger partial charge in [-0.1, -0.05) is 41.9 Å².